The van der Waals surface area contributed by atoms with E-state index in [1.807, 2.05) is 12.1 Å². The summed E-state index contributed by atoms with van der Waals surface area (Å²) in [6, 6.07) is 8.31. The van der Waals surface area contributed by atoms with Crippen molar-refractivity contribution >= 4 is 34.0 Å². The monoisotopic (exact) mass is 309 g/mol. The Morgan fingerprint density at radius 3 is 2.70 bits per heavy atom. The highest BCUT2D eigenvalue weighted by Crippen LogP contribution is 2.26. The Labute approximate surface area is 127 Å². The molecule has 0 bridgehead atoms. The SMILES string of the molecule is CCCCc1ccc(-c2nnc(NC(=O)CCl)s2)cc1. The molecule has 0 aliphatic rings. The third kappa shape index (κ3) is 4.02. The maximum atomic E-state index is 11.2. The van der Waals surface area contributed by atoms with E-state index in [1.54, 1.807) is 0 Å². The average Bonchev–Trinajstić information content (AvgIpc) is 2.94. The van der Waals surface area contributed by atoms with Crippen molar-refractivity contribution in [3.63, 3.8) is 0 Å². The van der Waals surface area contributed by atoms with Crippen LogP contribution < -0.4 is 5.32 Å². The van der Waals surface area contributed by atoms with Crippen molar-refractivity contribution in [2.45, 2.75) is 26.2 Å². The van der Waals surface area contributed by atoms with Gasteiger partial charge in [0, 0.05) is 5.56 Å². The summed E-state index contributed by atoms with van der Waals surface area (Å²) in [5, 5.41) is 11.9. The van der Waals surface area contributed by atoms with Gasteiger partial charge in [-0.3, -0.25) is 10.1 Å². The number of nitrogens with zero attached hydrogens (tertiary/aromatic N) is 2. The molecule has 0 spiro atoms. The van der Waals surface area contributed by atoms with E-state index in [-0.39, 0.29) is 11.8 Å². The first-order chi connectivity index (χ1) is 9.72. The van der Waals surface area contributed by atoms with E-state index in [0.29, 0.717) is 5.13 Å². The maximum Gasteiger partial charge on any atom is 0.241 e. The van der Waals surface area contributed by atoms with Gasteiger partial charge in [0.1, 0.15) is 10.9 Å². The lowest BCUT2D eigenvalue weighted by molar-refractivity contribution is -0.113. The Morgan fingerprint density at radius 1 is 1.30 bits per heavy atom. The Morgan fingerprint density at radius 2 is 2.05 bits per heavy atom. The van der Waals surface area contributed by atoms with Crippen LogP contribution in [0.1, 0.15) is 25.3 Å². The molecule has 0 atom stereocenters. The van der Waals surface area contributed by atoms with Crippen molar-refractivity contribution in [3.05, 3.63) is 29.8 Å². The lowest BCUT2D eigenvalue weighted by atomic mass is 10.1. The number of unbranched alkanes of at least 4 members (excludes halogenated alkanes) is 1. The fraction of sp³-hybridized carbons (Fsp3) is 0.357. The van der Waals surface area contributed by atoms with Gasteiger partial charge in [-0.25, -0.2) is 0 Å². The third-order valence-corrected chi connectivity index (χ3v) is 3.94. The molecule has 0 radical (unpaired) electrons. The molecule has 0 aliphatic carbocycles. The average molecular weight is 310 g/mol. The predicted octanol–water partition coefficient (Wildman–Crippen LogP) is 3.73. The molecule has 0 unspecified atom stereocenters. The number of hydrogen-bond acceptors (Lipinski definition) is 4. The zero-order valence-electron chi connectivity index (χ0n) is 11.2. The molecule has 2 aromatic rings. The highest BCUT2D eigenvalue weighted by molar-refractivity contribution is 7.18. The highest BCUT2D eigenvalue weighted by Gasteiger charge is 2.08. The molecule has 1 aromatic heterocycles. The predicted molar refractivity (Wildman–Crippen MR) is 83.3 cm³/mol. The second-order valence-corrected chi connectivity index (χ2v) is 5.64. The van der Waals surface area contributed by atoms with Crippen molar-refractivity contribution < 1.29 is 4.79 Å². The molecule has 0 saturated carbocycles. The summed E-state index contributed by atoms with van der Waals surface area (Å²) in [5.41, 5.74) is 2.34. The van der Waals surface area contributed by atoms with Crippen LogP contribution in [0.25, 0.3) is 10.6 Å². The Kier molecular flexibility index (Phi) is 5.49. The van der Waals surface area contributed by atoms with Gasteiger partial charge in [0.15, 0.2) is 0 Å². The summed E-state index contributed by atoms with van der Waals surface area (Å²) >= 11 is 6.77. The minimum absolute atomic E-state index is 0.0823. The number of aryl methyl sites for hydroxylation is 1. The van der Waals surface area contributed by atoms with Crippen molar-refractivity contribution in [2.75, 3.05) is 11.2 Å². The summed E-state index contributed by atoms with van der Waals surface area (Å²) in [4.78, 5) is 11.2. The fourth-order valence-electron chi connectivity index (χ4n) is 1.74. The topological polar surface area (TPSA) is 54.9 Å². The summed E-state index contributed by atoms with van der Waals surface area (Å²) in [6.07, 6.45) is 3.50. The quantitative estimate of drug-likeness (QED) is 0.827. The molecule has 0 fully saturated rings. The number of amides is 1. The number of hydrogen-bond donors (Lipinski definition) is 1. The third-order valence-electron chi connectivity index (χ3n) is 2.81. The molecule has 20 heavy (non-hydrogen) atoms. The minimum atomic E-state index is -0.274. The minimum Gasteiger partial charge on any atom is -0.299 e. The second kappa shape index (κ2) is 7.36. The van der Waals surface area contributed by atoms with Gasteiger partial charge in [-0.1, -0.05) is 48.9 Å². The second-order valence-electron chi connectivity index (χ2n) is 4.39. The number of halogens is 1. The molecule has 6 heteroatoms. The molecule has 0 saturated heterocycles. The Balaban J connectivity index is 2.06. The van der Waals surface area contributed by atoms with Crippen LogP contribution in [0.3, 0.4) is 0 Å². The van der Waals surface area contributed by atoms with Crippen LogP contribution in [0, 0.1) is 0 Å². The van der Waals surface area contributed by atoms with Crippen LogP contribution in [0.15, 0.2) is 24.3 Å². The van der Waals surface area contributed by atoms with E-state index in [0.717, 1.165) is 17.0 Å². The molecule has 1 N–H and O–H groups in total. The standard InChI is InChI=1S/C14H16ClN3OS/c1-2-3-4-10-5-7-11(8-6-10)13-17-18-14(20-13)16-12(19)9-15/h5-8H,2-4,9H2,1H3,(H,16,18,19). The highest BCUT2D eigenvalue weighted by atomic mass is 35.5. The molecular formula is C14H16ClN3OS. The molecule has 1 aromatic carbocycles. The van der Waals surface area contributed by atoms with E-state index in [1.165, 1.54) is 29.7 Å². The van der Waals surface area contributed by atoms with Gasteiger partial charge in [-0.2, -0.15) is 0 Å². The number of nitrogens with one attached hydrogen (secondary N) is 1. The molecule has 1 heterocycles. The number of carbonyl (C=O) groups is 1. The molecule has 2 rings (SSSR count). The normalized spacial score (nSPS) is 10.5. The van der Waals surface area contributed by atoms with Crippen molar-refractivity contribution in [3.8, 4) is 10.6 Å². The molecular weight excluding hydrogens is 294 g/mol. The van der Waals surface area contributed by atoms with Gasteiger partial charge in [0.25, 0.3) is 0 Å². The number of aromatic nitrogens is 2. The Hall–Kier alpha value is -1.46. The zero-order valence-corrected chi connectivity index (χ0v) is 12.8. The zero-order chi connectivity index (χ0) is 14.4. The van der Waals surface area contributed by atoms with E-state index in [2.05, 4.69) is 34.6 Å². The first-order valence-corrected chi connectivity index (χ1v) is 7.86. The van der Waals surface area contributed by atoms with Gasteiger partial charge in [-0.05, 0) is 18.4 Å². The molecule has 0 aliphatic heterocycles. The number of anilines is 1. The van der Waals surface area contributed by atoms with Gasteiger partial charge >= 0.3 is 0 Å². The lowest BCUT2D eigenvalue weighted by Gasteiger charge is -2.00. The molecule has 1 amide bonds. The number of carbonyl (C=O) groups excluding carboxylic acids is 1. The largest absolute Gasteiger partial charge is 0.299 e. The first-order valence-electron chi connectivity index (χ1n) is 6.51. The van der Waals surface area contributed by atoms with E-state index < -0.39 is 0 Å². The summed E-state index contributed by atoms with van der Waals surface area (Å²) in [5.74, 6) is -0.356. The molecule has 106 valence electrons. The lowest BCUT2D eigenvalue weighted by Crippen LogP contribution is -2.12. The van der Waals surface area contributed by atoms with Gasteiger partial charge in [0.05, 0.1) is 0 Å². The summed E-state index contributed by atoms with van der Waals surface area (Å²) < 4.78 is 0. The van der Waals surface area contributed by atoms with E-state index >= 15 is 0 Å². The Bertz CT molecular complexity index is 568. The maximum absolute atomic E-state index is 11.2. The van der Waals surface area contributed by atoms with Crippen LogP contribution in [-0.2, 0) is 11.2 Å². The number of benzene rings is 1. The first kappa shape index (κ1) is 14.9. The van der Waals surface area contributed by atoms with Crippen LogP contribution in [0.2, 0.25) is 0 Å². The van der Waals surface area contributed by atoms with E-state index in [9.17, 15) is 4.79 Å². The van der Waals surface area contributed by atoms with Crippen molar-refractivity contribution in [1.29, 1.82) is 0 Å². The van der Waals surface area contributed by atoms with Crippen molar-refractivity contribution in [1.82, 2.24) is 10.2 Å². The van der Waals surface area contributed by atoms with Crippen LogP contribution in [0.4, 0.5) is 5.13 Å². The van der Waals surface area contributed by atoms with Gasteiger partial charge < -0.3 is 0 Å². The fourth-order valence-corrected chi connectivity index (χ4v) is 2.57. The number of rotatable bonds is 6. The van der Waals surface area contributed by atoms with Crippen molar-refractivity contribution in [2.24, 2.45) is 0 Å². The van der Waals surface area contributed by atoms with Crippen LogP contribution >= 0.6 is 22.9 Å². The number of alkyl halides is 1. The smallest absolute Gasteiger partial charge is 0.241 e. The van der Waals surface area contributed by atoms with E-state index in [4.69, 9.17) is 11.6 Å². The van der Waals surface area contributed by atoms with Gasteiger partial charge in [0.2, 0.25) is 11.0 Å². The van der Waals surface area contributed by atoms with Crippen LogP contribution in [0.5, 0.6) is 0 Å². The van der Waals surface area contributed by atoms with Gasteiger partial charge in [-0.15, -0.1) is 21.8 Å². The summed E-state index contributed by atoms with van der Waals surface area (Å²) in [6.45, 7) is 2.19. The summed E-state index contributed by atoms with van der Waals surface area (Å²) in [7, 11) is 0. The van der Waals surface area contributed by atoms with Crippen LogP contribution in [-0.4, -0.2) is 22.0 Å². The molecule has 4 nitrogen and oxygen atoms in total.